The SMILES string of the molecule is OCCCc1nc2n(n1)C(c1cccc(Br)c1)C=C(c1cccs1)N2. The number of thiophene rings is 1. The maximum Gasteiger partial charge on any atom is 0.226 e. The fourth-order valence-corrected chi connectivity index (χ4v) is 4.01. The number of hydrogen-bond donors (Lipinski definition) is 2. The van der Waals surface area contributed by atoms with Gasteiger partial charge in [-0.1, -0.05) is 34.1 Å². The molecule has 0 bridgehead atoms. The molecule has 3 aromatic rings. The Morgan fingerprint density at radius 3 is 2.96 bits per heavy atom. The standard InChI is InChI=1S/C18H17BrN4OS/c19-13-5-1-4-12(10-13)15-11-14(16-6-3-9-25-16)20-18-21-17(7-2-8-24)22-23(15)18/h1,3-6,9-11,15,24H,2,7-8H2,(H,20,21,22). The number of aliphatic hydroxyl groups excluding tert-OH is 1. The highest BCUT2D eigenvalue weighted by molar-refractivity contribution is 9.10. The summed E-state index contributed by atoms with van der Waals surface area (Å²) in [7, 11) is 0. The number of benzene rings is 1. The van der Waals surface area contributed by atoms with E-state index in [0.717, 1.165) is 27.5 Å². The van der Waals surface area contributed by atoms with E-state index < -0.39 is 0 Å². The summed E-state index contributed by atoms with van der Waals surface area (Å²) in [4.78, 5) is 5.80. The van der Waals surface area contributed by atoms with Crippen LogP contribution in [0.5, 0.6) is 0 Å². The van der Waals surface area contributed by atoms with Gasteiger partial charge < -0.3 is 10.4 Å². The molecule has 4 rings (SSSR count). The highest BCUT2D eigenvalue weighted by Gasteiger charge is 2.25. The van der Waals surface area contributed by atoms with Crippen molar-refractivity contribution in [1.29, 1.82) is 0 Å². The van der Waals surface area contributed by atoms with Crippen LogP contribution in [0.1, 0.15) is 28.7 Å². The third-order valence-electron chi connectivity index (χ3n) is 4.04. The van der Waals surface area contributed by atoms with Crippen LogP contribution in [0.15, 0.2) is 52.3 Å². The number of nitrogens with one attached hydrogen (secondary N) is 1. The summed E-state index contributed by atoms with van der Waals surface area (Å²) in [6, 6.07) is 12.4. The first-order valence-corrected chi connectivity index (χ1v) is 9.76. The van der Waals surface area contributed by atoms with Gasteiger partial charge >= 0.3 is 0 Å². The Bertz CT molecular complexity index is 904. The molecule has 0 saturated carbocycles. The zero-order valence-corrected chi connectivity index (χ0v) is 15.8. The van der Waals surface area contributed by atoms with Crippen LogP contribution in [0.3, 0.4) is 0 Å². The summed E-state index contributed by atoms with van der Waals surface area (Å²) in [5, 5.41) is 19.2. The molecule has 0 spiro atoms. The summed E-state index contributed by atoms with van der Waals surface area (Å²) in [5.74, 6) is 1.49. The molecule has 1 unspecified atom stereocenters. The first-order chi connectivity index (χ1) is 12.2. The lowest BCUT2D eigenvalue weighted by Crippen LogP contribution is -2.20. The minimum absolute atomic E-state index is 0.0266. The molecule has 0 fully saturated rings. The molecule has 2 N–H and O–H groups in total. The molecule has 1 aliphatic heterocycles. The molecule has 1 aromatic carbocycles. The van der Waals surface area contributed by atoms with Crippen LogP contribution in [0.2, 0.25) is 0 Å². The van der Waals surface area contributed by atoms with Gasteiger partial charge in [-0.3, -0.25) is 0 Å². The summed E-state index contributed by atoms with van der Waals surface area (Å²) < 4.78 is 2.96. The van der Waals surface area contributed by atoms with Crippen LogP contribution in [-0.4, -0.2) is 26.5 Å². The third kappa shape index (κ3) is 3.40. The lowest BCUT2D eigenvalue weighted by Gasteiger charge is -2.23. The van der Waals surface area contributed by atoms with Gasteiger partial charge in [-0.15, -0.1) is 11.3 Å². The van der Waals surface area contributed by atoms with Gasteiger partial charge in [0.05, 0.1) is 10.6 Å². The Labute approximate surface area is 158 Å². The molecule has 7 heteroatoms. The van der Waals surface area contributed by atoms with Crippen LogP contribution in [-0.2, 0) is 6.42 Å². The number of aliphatic hydroxyl groups is 1. The van der Waals surface area contributed by atoms with E-state index in [9.17, 15) is 0 Å². The van der Waals surface area contributed by atoms with Gasteiger partial charge in [-0.25, -0.2) is 4.68 Å². The zero-order chi connectivity index (χ0) is 17.2. The van der Waals surface area contributed by atoms with Crippen molar-refractivity contribution in [3.05, 3.63) is 68.6 Å². The summed E-state index contributed by atoms with van der Waals surface area (Å²) >= 11 is 5.25. The summed E-state index contributed by atoms with van der Waals surface area (Å²) in [6.45, 7) is 0.144. The number of halogens is 1. The second-order valence-electron chi connectivity index (χ2n) is 5.81. The molecule has 0 radical (unpaired) electrons. The van der Waals surface area contributed by atoms with Crippen molar-refractivity contribution in [1.82, 2.24) is 14.8 Å². The maximum atomic E-state index is 9.07. The van der Waals surface area contributed by atoms with E-state index in [2.05, 4.69) is 61.0 Å². The number of fused-ring (bicyclic) bond motifs is 1. The van der Waals surface area contributed by atoms with Gasteiger partial charge in [0.25, 0.3) is 0 Å². The Balaban J connectivity index is 1.77. The fourth-order valence-electron chi connectivity index (χ4n) is 2.88. The van der Waals surface area contributed by atoms with Crippen molar-refractivity contribution in [3.8, 4) is 0 Å². The Morgan fingerprint density at radius 1 is 1.28 bits per heavy atom. The lowest BCUT2D eigenvalue weighted by atomic mass is 10.0. The van der Waals surface area contributed by atoms with Crippen molar-refractivity contribution in [2.24, 2.45) is 0 Å². The van der Waals surface area contributed by atoms with Gasteiger partial charge in [0, 0.05) is 17.5 Å². The van der Waals surface area contributed by atoms with Crippen LogP contribution >= 0.6 is 27.3 Å². The highest BCUT2D eigenvalue weighted by atomic mass is 79.9. The van der Waals surface area contributed by atoms with Crippen LogP contribution in [0.25, 0.3) is 5.70 Å². The molecular formula is C18H17BrN4OS. The molecule has 25 heavy (non-hydrogen) atoms. The molecule has 0 amide bonds. The van der Waals surface area contributed by atoms with Crippen molar-refractivity contribution in [2.75, 3.05) is 11.9 Å². The van der Waals surface area contributed by atoms with Gasteiger partial charge in [-0.05, 0) is 41.6 Å². The molecular weight excluding hydrogens is 400 g/mol. The minimum Gasteiger partial charge on any atom is -0.396 e. The van der Waals surface area contributed by atoms with E-state index in [1.165, 1.54) is 4.88 Å². The number of rotatable bonds is 5. The Morgan fingerprint density at radius 2 is 2.20 bits per heavy atom. The molecule has 0 aliphatic carbocycles. The van der Waals surface area contributed by atoms with Gasteiger partial charge in [0.15, 0.2) is 5.82 Å². The highest BCUT2D eigenvalue weighted by Crippen LogP contribution is 2.34. The van der Waals surface area contributed by atoms with Gasteiger partial charge in [0.2, 0.25) is 5.95 Å². The number of aryl methyl sites for hydroxylation is 1. The third-order valence-corrected chi connectivity index (χ3v) is 5.44. The van der Waals surface area contributed by atoms with E-state index >= 15 is 0 Å². The smallest absolute Gasteiger partial charge is 0.226 e. The zero-order valence-electron chi connectivity index (χ0n) is 13.4. The first kappa shape index (κ1) is 16.5. The second kappa shape index (κ2) is 7.11. The van der Waals surface area contributed by atoms with Crippen LogP contribution in [0, 0.1) is 0 Å². The first-order valence-electron chi connectivity index (χ1n) is 8.09. The summed E-state index contributed by atoms with van der Waals surface area (Å²) in [6.07, 6.45) is 3.51. The maximum absolute atomic E-state index is 9.07. The van der Waals surface area contributed by atoms with E-state index in [0.29, 0.717) is 12.8 Å². The summed E-state index contributed by atoms with van der Waals surface area (Å²) in [5.41, 5.74) is 2.19. The number of aromatic nitrogens is 3. The topological polar surface area (TPSA) is 63.0 Å². The fraction of sp³-hybridized carbons (Fsp3) is 0.222. The predicted octanol–water partition coefficient (Wildman–Crippen LogP) is 4.08. The minimum atomic E-state index is -0.0266. The van der Waals surface area contributed by atoms with E-state index in [4.69, 9.17) is 5.11 Å². The molecule has 0 saturated heterocycles. The number of allylic oxidation sites excluding steroid dienone is 1. The monoisotopic (exact) mass is 416 g/mol. The van der Waals surface area contributed by atoms with Crippen molar-refractivity contribution < 1.29 is 5.11 Å². The molecule has 1 atom stereocenters. The van der Waals surface area contributed by atoms with Crippen molar-refractivity contribution in [2.45, 2.75) is 18.9 Å². The number of nitrogens with zero attached hydrogens (tertiary/aromatic N) is 3. The molecule has 1 aliphatic rings. The van der Waals surface area contributed by atoms with E-state index in [1.54, 1.807) is 11.3 Å². The Kier molecular flexibility index (Phi) is 4.70. The van der Waals surface area contributed by atoms with E-state index in [-0.39, 0.29) is 12.6 Å². The quantitative estimate of drug-likeness (QED) is 0.657. The lowest BCUT2D eigenvalue weighted by molar-refractivity contribution is 0.287. The molecule has 128 valence electrons. The predicted molar refractivity (Wildman–Crippen MR) is 104 cm³/mol. The number of hydrogen-bond acceptors (Lipinski definition) is 5. The Hall–Kier alpha value is -1.96. The second-order valence-corrected chi connectivity index (χ2v) is 7.67. The average molecular weight is 417 g/mol. The number of anilines is 1. The largest absolute Gasteiger partial charge is 0.396 e. The van der Waals surface area contributed by atoms with E-state index in [1.807, 2.05) is 22.9 Å². The molecule has 3 heterocycles. The normalized spacial score (nSPS) is 16.2. The van der Waals surface area contributed by atoms with Gasteiger partial charge in [-0.2, -0.15) is 10.1 Å². The van der Waals surface area contributed by atoms with Crippen LogP contribution < -0.4 is 5.32 Å². The molecule has 5 nitrogen and oxygen atoms in total. The van der Waals surface area contributed by atoms with Crippen molar-refractivity contribution >= 4 is 38.9 Å². The van der Waals surface area contributed by atoms with Crippen LogP contribution in [0.4, 0.5) is 5.95 Å². The molecule has 2 aromatic heterocycles. The average Bonchev–Trinajstić information content (AvgIpc) is 3.28. The van der Waals surface area contributed by atoms with Gasteiger partial charge in [0.1, 0.15) is 6.04 Å². The van der Waals surface area contributed by atoms with Crippen molar-refractivity contribution in [3.63, 3.8) is 0 Å².